The Hall–Kier alpha value is -4.40. The number of rotatable bonds is 11. The average molecular weight is 530 g/mol. The van der Waals surface area contributed by atoms with Crippen LogP contribution in [0.5, 0.6) is 11.5 Å². The van der Waals surface area contributed by atoms with Gasteiger partial charge >= 0.3 is 0 Å². The van der Waals surface area contributed by atoms with Crippen LogP contribution in [0.25, 0.3) is 11.0 Å². The quantitative estimate of drug-likeness (QED) is 0.307. The summed E-state index contributed by atoms with van der Waals surface area (Å²) in [6.07, 6.45) is 0.725. The maximum atomic E-state index is 14.1. The van der Waals surface area contributed by atoms with E-state index in [0.717, 1.165) is 17.5 Å². The summed E-state index contributed by atoms with van der Waals surface area (Å²) in [6, 6.07) is 21.3. The van der Waals surface area contributed by atoms with Crippen LogP contribution in [-0.2, 0) is 22.7 Å². The van der Waals surface area contributed by atoms with E-state index in [4.69, 9.17) is 9.47 Å². The molecule has 0 bridgehead atoms. The van der Waals surface area contributed by atoms with Crippen molar-refractivity contribution in [2.24, 2.45) is 0 Å². The molecule has 9 heteroatoms. The number of carbonyl (C=O) groups is 2. The first-order chi connectivity index (χ1) is 18.7. The number of amides is 2. The van der Waals surface area contributed by atoms with E-state index in [-0.39, 0.29) is 24.9 Å². The summed E-state index contributed by atoms with van der Waals surface area (Å²) in [5.41, 5.74) is 2.46. The van der Waals surface area contributed by atoms with Gasteiger partial charge in [-0.2, -0.15) is 0 Å². The summed E-state index contributed by atoms with van der Waals surface area (Å²) in [4.78, 5) is 29.6. The Labute approximate surface area is 228 Å². The Morgan fingerprint density at radius 3 is 2.38 bits per heavy atom. The molecule has 0 fully saturated rings. The van der Waals surface area contributed by atoms with E-state index in [9.17, 15) is 9.59 Å². The van der Waals surface area contributed by atoms with Gasteiger partial charge in [-0.1, -0.05) is 48.5 Å². The first-order valence-corrected chi connectivity index (χ1v) is 12.9. The van der Waals surface area contributed by atoms with Crippen LogP contribution in [-0.4, -0.2) is 51.5 Å². The Morgan fingerprint density at radius 2 is 1.69 bits per heavy atom. The van der Waals surface area contributed by atoms with Crippen molar-refractivity contribution in [1.82, 2.24) is 25.2 Å². The fourth-order valence-corrected chi connectivity index (χ4v) is 4.29. The standard InChI is InChI=1S/C30H35N5O4/c1-6-30(2,3)31-29(37)28(22-14-16-23(38-4)17-15-22)34(19-21-10-9-11-24(18-21)39-5)27(36)20-35-26-13-8-7-12-25(26)32-33-35/h7-18,28H,6,19-20H2,1-5H3,(H,31,37)/t28-/m0/s1. The van der Waals surface area contributed by atoms with Crippen molar-refractivity contribution in [3.05, 3.63) is 83.9 Å². The third-order valence-corrected chi connectivity index (χ3v) is 6.85. The zero-order valence-electron chi connectivity index (χ0n) is 23.0. The normalized spacial score (nSPS) is 12.1. The molecule has 0 aliphatic heterocycles. The van der Waals surface area contributed by atoms with Crippen LogP contribution in [0, 0.1) is 0 Å². The number of carbonyl (C=O) groups excluding carboxylic acids is 2. The lowest BCUT2D eigenvalue weighted by Gasteiger charge is -2.34. The highest BCUT2D eigenvalue weighted by atomic mass is 16.5. The molecule has 39 heavy (non-hydrogen) atoms. The first-order valence-electron chi connectivity index (χ1n) is 12.9. The fraction of sp³-hybridized carbons (Fsp3) is 0.333. The van der Waals surface area contributed by atoms with Crippen molar-refractivity contribution in [2.75, 3.05) is 14.2 Å². The molecule has 4 rings (SSSR count). The molecule has 0 unspecified atom stereocenters. The number of ether oxygens (including phenoxy) is 2. The highest BCUT2D eigenvalue weighted by molar-refractivity contribution is 5.89. The van der Waals surface area contributed by atoms with Gasteiger partial charge in [0.15, 0.2) is 0 Å². The van der Waals surface area contributed by atoms with E-state index in [1.54, 1.807) is 35.9 Å². The Balaban J connectivity index is 1.78. The van der Waals surface area contributed by atoms with Crippen molar-refractivity contribution >= 4 is 22.8 Å². The minimum atomic E-state index is -0.907. The van der Waals surface area contributed by atoms with Gasteiger partial charge < -0.3 is 19.7 Å². The van der Waals surface area contributed by atoms with Crippen molar-refractivity contribution in [3.8, 4) is 11.5 Å². The van der Waals surface area contributed by atoms with Crippen LogP contribution >= 0.6 is 0 Å². The number of methoxy groups -OCH3 is 2. The molecular weight excluding hydrogens is 494 g/mol. The minimum Gasteiger partial charge on any atom is -0.497 e. The van der Waals surface area contributed by atoms with Gasteiger partial charge in [0.2, 0.25) is 11.8 Å². The summed E-state index contributed by atoms with van der Waals surface area (Å²) in [6.45, 7) is 6.04. The van der Waals surface area contributed by atoms with Crippen LogP contribution in [0.15, 0.2) is 72.8 Å². The molecule has 0 aliphatic rings. The van der Waals surface area contributed by atoms with Gasteiger partial charge in [0.25, 0.3) is 0 Å². The van der Waals surface area contributed by atoms with Crippen molar-refractivity contribution < 1.29 is 19.1 Å². The van der Waals surface area contributed by atoms with Crippen molar-refractivity contribution in [3.63, 3.8) is 0 Å². The summed E-state index contributed by atoms with van der Waals surface area (Å²) >= 11 is 0. The van der Waals surface area contributed by atoms with Gasteiger partial charge in [0.1, 0.15) is 29.6 Å². The maximum absolute atomic E-state index is 14.1. The number of nitrogens with zero attached hydrogens (tertiary/aromatic N) is 4. The predicted octanol–water partition coefficient (Wildman–Crippen LogP) is 4.52. The maximum Gasteiger partial charge on any atom is 0.247 e. The van der Waals surface area contributed by atoms with Crippen LogP contribution < -0.4 is 14.8 Å². The molecule has 4 aromatic rings. The third kappa shape index (κ3) is 6.54. The van der Waals surface area contributed by atoms with Gasteiger partial charge in [-0.05, 0) is 67.8 Å². The summed E-state index contributed by atoms with van der Waals surface area (Å²) in [5, 5.41) is 11.5. The number of aromatic nitrogens is 3. The lowest BCUT2D eigenvalue weighted by molar-refractivity contribution is -0.143. The number of nitrogens with one attached hydrogen (secondary N) is 1. The Kier molecular flexibility index (Phi) is 8.49. The molecule has 1 aromatic heterocycles. The monoisotopic (exact) mass is 529 g/mol. The topological polar surface area (TPSA) is 98.6 Å². The third-order valence-electron chi connectivity index (χ3n) is 6.85. The second kappa shape index (κ2) is 12.0. The summed E-state index contributed by atoms with van der Waals surface area (Å²) in [7, 11) is 3.18. The molecule has 1 heterocycles. The zero-order chi connectivity index (χ0) is 28.0. The predicted molar refractivity (Wildman–Crippen MR) is 149 cm³/mol. The van der Waals surface area contributed by atoms with Gasteiger partial charge in [-0.25, -0.2) is 4.68 Å². The lowest BCUT2D eigenvalue weighted by Crippen LogP contribution is -2.50. The highest BCUT2D eigenvalue weighted by Crippen LogP contribution is 2.28. The molecule has 1 atom stereocenters. The lowest BCUT2D eigenvalue weighted by atomic mass is 9.98. The molecule has 0 radical (unpaired) electrons. The van der Waals surface area contributed by atoms with Crippen molar-refractivity contribution in [2.45, 2.75) is 51.9 Å². The van der Waals surface area contributed by atoms with Gasteiger partial charge in [-0.3, -0.25) is 9.59 Å². The largest absolute Gasteiger partial charge is 0.497 e. The highest BCUT2D eigenvalue weighted by Gasteiger charge is 2.34. The van der Waals surface area contributed by atoms with Gasteiger partial charge in [-0.15, -0.1) is 5.10 Å². The second-order valence-corrected chi connectivity index (χ2v) is 10.0. The molecular formula is C30H35N5O4. The fourth-order valence-electron chi connectivity index (χ4n) is 4.29. The zero-order valence-corrected chi connectivity index (χ0v) is 23.0. The number of hydrogen-bond acceptors (Lipinski definition) is 6. The molecule has 0 saturated heterocycles. The van der Waals surface area contributed by atoms with Crippen molar-refractivity contribution in [1.29, 1.82) is 0 Å². The molecule has 0 aliphatic carbocycles. The van der Waals surface area contributed by atoms with Gasteiger partial charge in [0.05, 0.1) is 19.7 Å². The average Bonchev–Trinajstić information content (AvgIpc) is 3.35. The molecule has 0 spiro atoms. The van der Waals surface area contributed by atoms with Crippen LogP contribution in [0.3, 0.4) is 0 Å². The second-order valence-electron chi connectivity index (χ2n) is 10.0. The molecule has 3 aromatic carbocycles. The number of benzene rings is 3. The van der Waals surface area contributed by atoms with E-state index >= 15 is 0 Å². The number of hydrogen-bond donors (Lipinski definition) is 1. The Bertz CT molecular complexity index is 1430. The smallest absolute Gasteiger partial charge is 0.247 e. The van der Waals surface area contributed by atoms with E-state index in [0.29, 0.717) is 22.6 Å². The van der Waals surface area contributed by atoms with E-state index in [1.165, 1.54) is 0 Å². The molecule has 9 nitrogen and oxygen atoms in total. The van der Waals surface area contributed by atoms with E-state index in [1.807, 2.05) is 81.4 Å². The van der Waals surface area contributed by atoms with Crippen LogP contribution in [0.4, 0.5) is 0 Å². The summed E-state index contributed by atoms with van der Waals surface area (Å²) < 4.78 is 12.3. The van der Waals surface area contributed by atoms with E-state index < -0.39 is 11.6 Å². The molecule has 1 N–H and O–H groups in total. The number of fused-ring (bicyclic) bond motifs is 1. The molecule has 0 saturated carbocycles. The summed E-state index contributed by atoms with van der Waals surface area (Å²) in [5.74, 6) is 0.775. The first kappa shape index (κ1) is 27.6. The molecule has 204 valence electrons. The van der Waals surface area contributed by atoms with Gasteiger partial charge in [0, 0.05) is 12.1 Å². The van der Waals surface area contributed by atoms with Crippen LogP contribution in [0.2, 0.25) is 0 Å². The Morgan fingerprint density at radius 1 is 0.974 bits per heavy atom. The molecule has 2 amide bonds. The minimum absolute atomic E-state index is 0.0818. The SMILES string of the molecule is CCC(C)(C)NC(=O)[C@H](c1ccc(OC)cc1)N(Cc1cccc(OC)c1)C(=O)Cn1nnc2ccccc21. The van der Waals surface area contributed by atoms with E-state index in [2.05, 4.69) is 15.6 Å². The number of para-hydroxylation sites is 1. The van der Waals surface area contributed by atoms with Crippen LogP contribution in [0.1, 0.15) is 44.4 Å².